The highest BCUT2D eigenvalue weighted by molar-refractivity contribution is 7.89. The number of carbonyl (C=O) groups excluding carboxylic acids is 2. The summed E-state index contributed by atoms with van der Waals surface area (Å²) in [5.74, 6) is -0.741. The smallest absolute Gasteiger partial charge is 0.317 e. The quantitative estimate of drug-likeness (QED) is 0.270. The van der Waals surface area contributed by atoms with E-state index in [1.807, 2.05) is 20.8 Å². The average Bonchev–Trinajstić information content (AvgIpc) is 2.81. The van der Waals surface area contributed by atoms with Crippen molar-refractivity contribution in [1.82, 2.24) is 19.8 Å². The first-order chi connectivity index (χ1) is 16.4. The number of carbonyl (C=O) groups is 2. The minimum absolute atomic E-state index is 0.179. The van der Waals surface area contributed by atoms with Crippen LogP contribution in [-0.2, 0) is 14.8 Å². The van der Waals surface area contributed by atoms with E-state index in [0.717, 1.165) is 31.0 Å². The minimum atomic E-state index is -4.26. The number of rotatable bonds is 10. The number of hydrogen-bond donors (Lipinski definition) is 2. The van der Waals surface area contributed by atoms with E-state index in [0.29, 0.717) is 19.5 Å². The van der Waals surface area contributed by atoms with Gasteiger partial charge in [-0.15, -0.1) is 0 Å². The molecule has 1 saturated heterocycles. The summed E-state index contributed by atoms with van der Waals surface area (Å²) in [4.78, 5) is 39.2. The first-order valence-electron chi connectivity index (χ1n) is 11.7. The number of piperazine rings is 1. The van der Waals surface area contributed by atoms with Crippen molar-refractivity contribution in [3.05, 3.63) is 33.3 Å². The number of sulfonamides is 1. The van der Waals surface area contributed by atoms with Crippen LogP contribution in [0.5, 0.6) is 0 Å². The summed E-state index contributed by atoms with van der Waals surface area (Å²) in [6, 6.07) is 1.68. The highest BCUT2D eigenvalue weighted by Gasteiger charge is 2.37. The van der Waals surface area contributed by atoms with Crippen LogP contribution >= 0.6 is 11.6 Å². The van der Waals surface area contributed by atoms with Crippen LogP contribution in [0.25, 0.3) is 0 Å². The summed E-state index contributed by atoms with van der Waals surface area (Å²) < 4.78 is 28.6. The maximum Gasteiger partial charge on any atom is 0.317 e. The lowest BCUT2D eigenvalue weighted by Gasteiger charge is -2.41. The summed E-state index contributed by atoms with van der Waals surface area (Å²) in [5.41, 5.74) is -0.539. The Kier molecular flexibility index (Phi) is 10.3. The zero-order chi connectivity index (χ0) is 26.3. The van der Waals surface area contributed by atoms with E-state index in [-0.39, 0.29) is 41.0 Å². The standard InChI is InChI=1S/C22H34ClN5O6S/c1-5-7-10-24-22(30)27-12-11-26(14-16(27)4)21(29)20(15(3)6-2)25-35(33,34)17-8-9-18(23)19(13-17)28(31)32/h8-9,13,15-16,20,25H,5-7,10-12,14H2,1-4H3,(H,24,30). The van der Waals surface area contributed by atoms with E-state index in [4.69, 9.17) is 11.6 Å². The third-order valence-electron chi connectivity index (χ3n) is 6.19. The van der Waals surface area contributed by atoms with E-state index >= 15 is 0 Å². The second kappa shape index (κ2) is 12.5. The molecule has 3 unspecified atom stereocenters. The highest BCUT2D eigenvalue weighted by Crippen LogP contribution is 2.27. The Labute approximate surface area is 211 Å². The molecule has 196 valence electrons. The van der Waals surface area contributed by atoms with Gasteiger partial charge in [0.25, 0.3) is 5.69 Å². The first-order valence-corrected chi connectivity index (χ1v) is 13.6. The van der Waals surface area contributed by atoms with E-state index in [9.17, 15) is 28.1 Å². The number of benzene rings is 1. The summed E-state index contributed by atoms with van der Waals surface area (Å²) in [6.45, 7) is 8.93. The van der Waals surface area contributed by atoms with Gasteiger partial charge in [0.1, 0.15) is 11.1 Å². The van der Waals surface area contributed by atoms with Crippen molar-refractivity contribution < 1.29 is 22.9 Å². The number of halogens is 1. The fraction of sp³-hybridized carbons (Fsp3) is 0.636. The van der Waals surface area contributed by atoms with Crippen LogP contribution in [0.1, 0.15) is 47.0 Å². The predicted octanol–water partition coefficient (Wildman–Crippen LogP) is 2.98. The highest BCUT2D eigenvalue weighted by atomic mass is 35.5. The Balaban J connectivity index is 2.18. The number of hydrogen-bond acceptors (Lipinski definition) is 6. The normalized spacial score (nSPS) is 18.1. The van der Waals surface area contributed by atoms with Gasteiger partial charge in [-0.3, -0.25) is 14.9 Å². The van der Waals surface area contributed by atoms with Gasteiger partial charge in [0.2, 0.25) is 15.9 Å². The second-order valence-corrected chi connectivity index (χ2v) is 10.9. The average molecular weight is 532 g/mol. The molecule has 1 aromatic carbocycles. The van der Waals surface area contributed by atoms with Crippen molar-refractivity contribution in [3.8, 4) is 0 Å². The molecule has 0 radical (unpaired) electrons. The van der Waals surface area contributed by atoms with Gasteiger partial charge in [-0.1, -0.05) is 45.2 Å². The number of urea groups is 1. The SMILES string of the molecule is CCCCNC(=O)N1CCN(C(=O)C(NS(=O)(=O)c2ccc(Cl)c([N+](=O)[O-])c2)C(C)CC)CC1C. The molecule has 11 nitrogen and oxygen atoms in total. The summed E-state index contributed by atoms with van der Waals surface area (Å²) in [5, 5.41) is 13.9. The van der Waals surface area contributed by atoms with E-state index in [2.05, 4.69) is 10.0 Å². The molecule has 1 heterocycles. The van der Waals surface area contributed by atoms with E-state index < -0.39 is 32.6 Å². The Morgan fingerprint density at radius 3 is 2.54 bits per heavy atom. The molecule has 0 aliphatic carbocycles. The third kappa shape index (κ3) is 7.28. The van der Waals surface area contributed by atoms with Gasteiger partial charge < -0.3 is 15.1 Å². The lowest BCUT2D eigenvalue weighted by Crippen LogP contribution is -2.61. The van der Waals surface area contributed by atoms with E-state index in [1.54, 1.807) is 16.7 Å². The van der Waals surface area contributed by atoms with Crippen LogP contribution in [0.2, 0.25) is 5.02 Å². The van der Waals surface area contributed by atoms with Crippen molar-refractivity contribution in [2.45, 2.75) is 63.9 Å². The minimum Gasteiger partial charge on any atom is -0.338 e. The van der Waals surface area contributed by atoms with Gasteiger partial charge in [0.05, 0.1) is 9.82 Å². The van der Waals surface area contributed by atoms with E-state index in [1.165, 1.54) is 0 Å². The molecular weight excluding hydrogens is 498 g/mol. The second-order valence-electron chi connectivity index (χ2n) is 8.77. The zero-order valence-electron chi connectivity index (χ0n) is 20.5. The largest absolute Gasteiger partial charge is 0.338 e. The molecule has 0 saturated carbocycles. The third-order valence-corrected chi connectivity index (χ3v) is 7.95. The van der Waals surface area contributed by atoms with Gasteiger partial charge in [-0.2, -0.15) is 4.72 Å². The first kappa shape index (κ1) is 28.8. The molecule has 2 rings (SSSR count). The molecular formula is C22H34ClN5O6S. The molecule has 2 N–H and O–H groups in total. The summed E-state index contributed by atoms with van der Waals surface area (Å²) in [7, 11) is -4.26. The lowest BCUT2D eigenvalue weighted by atomic mass is 9.98. The van der Waals surface area contributed by atoms with Gasteiger partial charge in [-0.05, 0) is 31.4 Å². The number of nitrogens with one attached hydrogen (secondary N) is 2. The van der Waals surface area contributed by atoms with Crippen molar-refractivity contribution in [2.24, 2.45) is 5.92 Å². The van der Waals surface area contributed by atoms with Crippen molar-refractivity contribution in [2.75, 3.05) is 26.2 Å². The Morgan fingerprint density at radius 1 is 1.29 bits per heavy atom. The molecule has 3 amide bonds. The molecule has 0 bridgehead atoms. The number of unbranched alkanes of at least 4 members (excludes halogenated alkanes) is 1. The zero-order valence-corrected chi connectivity index (χ0v) is 22.1. The van der Waals surface area contributed by atoms with Gasteiger partial charge in [0.15, 0.2) is 0 Å². The van der Waals surface area contributed by atoms with Gasteiger partial charge in [-0.25, -0.2) is 13.2 Å². The number of nitro groups is 1. The summed E-state index contributed by atoms with van der Waals surface area (Å²) >= 11 is 5.80. The van der Waals surface area contributed by atoms with Crippen LogP contribution in [0.4, 0.5) is 10.5 Å². The van der Waals surface area contributed by atoms with Gasteiger partial charge in [0, 0.05) is 38.3 Å². The van der Waals surface area contributed by atoms with Crippen molar-refractivity contribution in [1.29, 1.82) is 0 Å². The molecule has 1 aromatic rings. The fourth-order valence-corrected chi connectivity index (χ4v) is 5.31. The van der Waals surface area contributed by atoms with Crippen molar-refractivity contribution in [3.63, 3.8) is 0 Å². The summed E-state index contributed by atoms with van der Waals surface area (Å²) in [6.07, 6.45) is 2.37. The Hall–Kier alpha value is -2.44. The molecule has 35 heavy (non-hydrogen) atoms. The van der Waals surface area contributed by atoms with Crippen LogP contribution in [0, 0.1) is 16.0 Å². The molecule has 0 spiro atoms. The maximum absolute atomic E-state index is 13.4. The number of nitro benzene ring substituents is 1. The molecule has 1 fully saturated rings. The monoisotopic (exact) mass is 531 g/mol. The molecule has 1 aliphatic rings. The number of amides is 3. The topological polar surface area (TPSA) is 142 Å². The molecule has 1 aliphatic heterocycles. The molecule has 13 heteroatoms. The fourth-order valence-electron chi connectivity index (χ4n) is 3.81. The predicted molar refractivity (Wildman–Crippen MR) is 133 cm³/mol. The van der Waals surface area contributed by atoms with Crippen LogP contribution in [0.3, 0.4) is 0 Å². The van der Waals surface area contributed by atoms with Crippen LogP contribution < -0.4 is 10.0 Å². The Bertz CT molecular complexity index is 1040. The van der Waals surface area contributed by atoms with Crippen molar-refractivity contribution >= 4 is 39.2 Å². The van der Waals surface area contributed by atoms with Crippen LogP contribution in [0.15, 0.2) is 23.1 Å². The number of nitrogens with zero attached hydrogens (tertiary/aromatic N) is 3. The van der Waals surface area contributed by atoms with Crippen LogP contribution in [-0.4, -0.2) is 73.3 Å². The maximum atomic E-state index is 13.4. The molecule has 0 aromatic heterocycles. The lowest BCUT2D eigenvalue weighted by molar-refractivity contribution is -0.384. The Morgan fingerprint density at radius 2 is 1.97 bits per heavy atom. The molecule has 3 atom stereocenters. The van der Waals surface area contributed by atoms with Gasteiger partial charge >= 0.3 is 6.03 Å².